The van der Waals surface area contributed by atoms with Gasteiger partial charge in [0.1, 0.15) is 37.0 Å². The second-order valence-electron chi connectivity index (χ2n) is 9.38. The Morgan fingerprint density at radius 3 is 2.37 bits per heavy atom. The number of benzene rings is 2. The molecule has 0 aromatic heterocycles. The molecule has 1 fully saturated rings. The largest absolute Gasteiger partial charge is 0.394 e. The molecule has 182 valence electrons. The number of aliphatic imine (C=N–C) groups is 3. The first-order valence-corrected chi connectivity index (χ1v) is 11.5. The average molecular weight is 478 g/mol. The molecular formula is C25H27N5O5. The van der Waals surface area contributed by atoms with Crippen LogP contribution in [0.5, 0.6) is 0 Å². The number of ether oxygens (including phenoxy) is 2. The Labute approximate surface area is 202 Å². The summed E-state index contributed by atoms with van der Waals surface area (Å²) in [6.45, 7) is 1.47. The van der Waals surface area contributed by atoms with E-state index in [9.17, 15) is 15.3 Å². The van der Waals surface area contributed by atoms with Crippen LogP contribution in [-0.2, 0) is 15.1 Å². The molecule has 3 aliphatic heterocycles. The normalized spacial score (nSPS) is 34.3. The van der Waals surface area contributed by atoms with Crippen LogP contribution in [0.4, 0.5) is 0 Å². The number of rotatable bonds is 4. The standard InChI is InChI=1S/C25H27N5O5/c1-23(21(34-2)19(32)18(11-31)35-23)30-13-28-20-22(30)27-12-29-25(20,26)24(33)16-9-5-3-7-14(16)15-8-4-6-10-17(15)24/h3-10,12,18-19,21,31-33H,11,13,26H2,1-2H3/t18-,19-,21-,23-,25?/m1/s1. The van der Waals surface area contributed by atoms with Gasteiger partial charge in [0.25, 0.3) is 0 Å². The molecule has 5 N–H and O–H groups in total. The fourth-order valence-electron chi connectivity index (χ4n) is 5.98. The molecule has 3 heterocycles. The predicted molar refractivity (Wildman–Crippen MR) is 129 cm³/mol. The van der Waals surface area contributed by atoms with E-state index in [0.29, 0.717) is 22.7 Å². The van der Waals surface area contributed by atoms with Gasteiger partial charge < -0.3 is 29.7 Å². The van der Waals surface area contributed by atoms with E-state index in [1.165, 1.54) is 13.4 Å². The average Bonchev–Trinajstić information content (AvgIpc) is 3.51. The molecule has 6 rings (SSSR count). The molecule has 0 amide bonds. The first-order chi connectivity index (χ1) is 16.8. The van der Waals surface area contributed by atoms with Crippen LogP contribution in [0.25, 0.3) is 11.1 Å². The molecule has 10 nitrogen and oxygen atoms in total. The van der Waals surface area contributed by atoms with Crippen LogP contribution in [0.2, 0.25) is 0 Å². The third-order valence-electron chi connectivity index (χ3n) is 7.69. The number of methoxy groups -OCH3 is 1. The van der Waals surface area contributed by atoms with Crippen LogP contribution in [0.1, 0.15) is 18.1 Å². The van der Waals surface area contributed by atoms with Crippen molar-refractivity contribution >= 4 is 17.9 Å². The van der Waals surface area contributed by atoms with Gasteiger partial charge in [0, 0.05) is 18.2 Å². The molecule has 0 bridgehead atoms. The molecule has 0 saturated carbocycles. The van der Waals surface area contributed by atoms with Gasteiger partial charge in [0.15, 0.2) is 22.8 Å². The van der Waals surface area contributed by atoms with Gasteiger partial charge >= 0.3 is 0 Å². The van der Waals surface area contributed by atoms with Gasteiger partial charge in [0.05, 0.1) is 6.61 Å². The highest BCUT2D eigenvalue weighted by Crippen LogP contribution is 2.53. The highest BCUT2D eigenvalue weighted by molar-refractivity contribution is 6.48. The summed E-state index contributed by atoms with van der Waals surface area (Å²) in [6.07, 6.45) is -1.36. The van der Waals surface area contributed by atoms with E-state index < -0.39 is 35.3 Å². The number of nitrogens with zero attached hydrogens (tertiary/aromatic N) is 4. The van der Waals surface area contributed by atoms with Gasteiger partial charge in [0.2, 0.25) is 0 Å². The van der Waals surface area contributed by atoms with Crippen LogP contribution in [-0.4, -0.2) is 88.2 Å². The maximum atomic E-state index is 12.4. The summed E-state index contributed by atoms with van der Waals surface area (Å²) in [4.78, 5) is 15.4. The van der Waals surface area contributed by atoms with Gasteiger partial charge in [-0.2, -0.15) is 0 Å². The molecule has 1 aliphatic carbocycles. The molecule has 5 atom stereocenters. The van der Waals surface area contributed by atoms with E-state index in [0.717, 1.165) is 11.1 Å². The minimum atomic E-state index is -1.71. The lowest BCUT2D eigenvalue weighted by atomic mass is 9.76. The quantitative estimate of drug-likeness (QED) is 0.492. The third-order valence-corrected chi connectivity index (χ3v) is 7.69. The summed E-state index contributed by atoms with van der Waals surface area (Å²) in [5.74, 6) is 0.369. The Morgan fingerprint density at radius 2 is 1.77 bits per heavy atom. The van der Waals surface area contributed by atoms with Crippen molar-refractivity contribution in [2.45, 2.75) is 42.2 Å². The fraction of sp³-hybridized carbons (Fsp3) is 0.400. The Morgan fingerprint density at radius 1 is 1.14 bits per heavy atom. The van der Waals surface area contributed by atoms with Gasteiger partial charge in [-0.1, -0.05) is 48.5 Å². The smallest absolute Gasteiger partial charge is 0.193 e. The van der Waals surface area contributed by atoms with E-state index in [1.807, 2.05) is 48.5 Å². The summed E-state index contributed by atoms with van der Waals surface area (Å²) in [6, 6.07) is 15.2. The first-order valence-electron chi connectivity index (χ1n) is 11.5. The summed E-state index contributed by atoms with van der Waals surface area (Å²) in [5, 5.41) is 32.8. The van der Waals surface area contributed by atoms with E-state index in [1.54, 1.807) is 11.8 Å². The lowest BCUT2D eigenvalue weighted by Crippen LogP contribution is -2.67. The number of aliphatic hydroxyl groups is 3. The zero-order valence-electron chi connectivity index (χ0n) is 19.4. The molecule has 0 spiro atoms. The second-order valence-corrected chi connectivity index (χ2v) is 9.38. The summed E-state index contributed by atoms with van der Waals surface area (Å²) >= 11 is 0. The maximum Gasteiger partial charge on any atom is 0.193 e. The van der Waals surface area contributed by atoms with Crippen molar-refractivity contribution in [2.75, 3.05) is 20.4 Å². The van der Waals surface area contributed by atoms with Gasteiger partial charge in [-0.25, -0.2) is 9.98 Å². The highest BCUT2D eigenvalue weighted by atomic mass is 16.6. The molecule has 35 heavy (non-hydrogen) atoms. The number of hydrogen-bond acceptors (Lipinski definition) is 10. The molecule has 1 unspecified atom stereocenters. The number of hydrogen-bond donors (Lipinski definition) is 4. The van der Waals surface area contributed by atoms with Crippen molar-refractivity contribution in [1.82, 2.24) is 4.90 Å². The van der Waals surface area contributed by atoms with Crippen LogP contribution in [0, 0.1) is 0 Å². The van der Waals surface area contributed by atoms with Crippen molar-refractivity contribution in [3.8, 4) is 11.1 Å². The van der Waals surface area contributed by atoms with E-state index in [2.05, 4.69) is 9.98 Å². The molecule has 2 aromatic carbocycles. The minimum Gasteiger partial charge on any atom is -0.394 e. The summed E-state index contributed by atoms with van der Waals surface area (Å²) in [5.41, 5.74) is 5.75. The molecule has 1 saturated heterocycles. The van der Waals surface area contributed by atoms with Crippen molar-refractivity contribution in [3.63, 3.8) is 0 Å². The summed E-state index contributed by atoms with van der Waals surface area (Å²) < 4.78 is 11.7. The van der Waals surface area contributed by atoms with Crippen molar-refractivity contribution < 1.29 is 24.8 Å². The van der Waals surface area contributed by atoms with E-state index >= 15 is 0 Å². The predicted octanol–water partition coefficient (Wildman–Crippen LogP) is 0.196. The molecule has 0 radical (unpaired) electrons. The zero-order valence-corrected chi connectivity index (χ0v) is 19.4. The fourth-order valence-corrected chi connectivity index (χ4v) is 5.98. The molecule has 4 aliphatic rings. The van der Waals surface area contributed by atoms with Crippen molar-refractivity contribution in [3.05, 3.63) is 59.7 Å². The van der Waals surface area contributed by atoms with E-state index in [-0.39, 0.29) is 13.3 Å². The zero-order chi connectivity index (χ0) is 24.6. The lowest BCUT2D eigenvalue weighted by molar-refractivity contribution is -0.154. The van der Waals surface area contributed by atoms with Crippen molar-refractivity contribution in [1.29, 1.82) is 0 Å². The van der Waals surface area contributed by atoms with Crippen molar-refractivity contribution in [2.24, 2.45) is 20.7 Å². The maximum absolute atomic E-state index is 12.4. The van der Waals surface area contributed by atoms with Gasteiger partial charge in [-0.05, 0) is 18.1 Å². The third kappa shape index (κ3) is 2.66. The molecular weight excluding hydrogens is 450 g/mol. The second kappa shape index (κ2) is 7.50. The number of fused-ring (bicyclic) bond motifs is 4. The lowest BCUT2D eigenvalue weighted by Gasteiger charge is -2.44. The van der Waals surface area contributed by atoms with E-state index in [4.69, 9.17) is 20.2 Å². The molecule has 2 aromatic rings. The highest BCUT2D eigenvalue weighted by Gasteiger charge is 2.64. The van der Waals surface area contributed by atoms with Gasteiger partial charge in [-0.15, -0.1) is 0 Å². The number of aliphatic hydroxyl groups excluding tert-OH is 2. The van der Waals surface area contributed by atoms with Crippen LogP contribution < -0.4 is 5.73 Å². The van der Waals surface area contributed by atoms with Crippen LogP contribution in [0.3, 0.4) is 0 Å². The molecule has 10 heteroatoms. The Bertz CT molecular complexity index is 1250. The Balaban J connectivity index is 1.46. The summed E-state index contributed by atoms with van der Waals surface area (Å²) in [7, 11) is 1.47. The minimum absolute atomic E-state index is 0.0943. The monoisotopic (exact) mass is 477 g/mol. The van der Waals surface area contributed by atoms with Crippen LogP contribution in [0.15, 0.2) is 63.5 Å². The van der Waals surface area contributed by atoms with Crippen LogP contribution >= 0.6 is 0 Å². The number of amidine groups is 1. The Kier molecular flexibility index (Phi) is 4.82. The SMILES string of the molecule is CO[C@@H]1[C@H](O)[C@@H](CO)O[C@@]1(C)N1CN=C2C1=NC=NC2(N)C1(O)c2ccccc2-c2ccccc21. The Hall–Kier alpha value is -2.99. The first kappa shape index (κ1) is 22.5. The van der Waals surface area contributed by atoms with Gasteiger partial charge in [-0.3, -0.25) is 10.7 Å². The number of nitrogens with two attached hydrogens (primary N) is 1. The topological polar surface area (TPSA) is 145 Å².